The first kappa shape index (κ1) is 15.3. The van der Waals surface area contributed by atoms with E-state index in [4.69, 9.17) is 5.73 Å². The van der Waals surface area contributed by atoms with Crippen molar-refractivity contribution in [3.63, 3.8) is 0 Å². The van der Waals surface area contributed by atoms with Gasteiger partial charge in [0.25, 0.3) is 0 Å². The highest BCUT2D eigenvalue weighted by molar-refractivity contribution is 8.00. The molecular formula is C13H23N3OS. The largest absolute Gasteiger partial charge is 0.337 e. The van der Waals surface area contributed by atoms with Crippen LogP contribution in [0.15, 0.2) is 0 Å². The number of thioether (sulfide) groups is 1. The van der Waals surface area contributed by atoms with Crippen LogP contribution in [0.3, 0.4) is 0 Å². The second kappa shape index (κ2) is 6.44. The number of hydrogen-bond acceptors (Lipinski definition) is 4. The average Bonchev–Trinajstić information content (AvgIpc) is 2.28. The third kappa shape index (κ3) is 5.28. The summed E-state index contributed by atoms with van der Waals surface area (Å²) in [7, 11) is 0. The van der Waals surface area contributed by atoms with Crippen LogP contribution in [0.2, 0.25) is 0 Å². The topological polar surface area (TPSA) is 78.9 Å². The third-order valence-corrected chi connectivity index (χ3v) is 4.42. The molecule has 0 heterocycles. The lowest BCUT2D eigenvalue weighted by atomic mass is 9.83. The maximum atomic E-state index is 11.8. The van der Waals surface area contributed by atoms with Gasteiger partial charge in [0, 0.05) is 11.3 Å². The predicted molar refractivity (Wildman–Crippen MR) is 75.2 cm³/mol. The fourth-order valence-corrected chi connectivity index (χ4v) is 3.02. The van der Waals surface area contributed by atoms with Crippen LogP contribution >= 0.6 is 11.8 Å². The maximum Gasteiger partial charge on any atom is 0.231 e. The summed E-state index contributed by atoms with van der Waals surface area (Å²) >= 11 is 1.52. The van der Waals surface area contributed by atoms with Crippen molar-refractivity contribution in [2.75, 3.05) is 11.5 Å². The Morgan fingerprint density at radius 1 is 1.44 bits per heavy atom. The van der Waals surface area contributed by atoms with Crippen molar-refractivity contribution in [3.8, 4) is 6.07 Å². The van der Waals surface area contributed by atoms with Gasteiger partial charge in [0.1, 0.15) is 5.54 Å². The van der Waals surface area contributed by atoms with E-state index in [-0.39, 0.29) is 11.4 Å². The van der Waals surface area contributed by atoms with Gasteiger partial charge < -0.3 is 11.1 Å². The second-order valence-electron chi connectivity index (χ2n) is 5.78. The van der Waals surface area contributed by atoms with Crippen LogP contribution in [0.25, 0.3) is 0 Å². The minimum Gasteiger partial charge on any atom is -0.337 e. The van der Waals surface area contributed by atoms with E-state index in [9.17, 15) is 10.1 Å². The number of hydrogen-bond donors (Lipinski definition) is 2. The van der Waals surface area contributed by atoms with Crippen LogP contribution in [0, 0.1) is 11.3 Å². The molecular weight excluding hydrogens is 246 g/mol. The summed E-state index contributed by atoms with van der Waals surface area (Å²) in [4.78, 5) is 11.8. The zero-order valence-electron chi connectivity index (χ0n) is 11.3. The van der Waals surface area contributed by atoms with E-state index in [2.05, 4.69) is 11.4 Å². The molecule has 0 aromatic heterocycles. The van der Waals surface area contributed by atoms with E-state index >= 15 is 0 Å². The van der Waals surface area contributed by atoms with Crippen LogP contribution in [-0.4, -0.2) is 28.5 Å². The number of nitrogens with one attached hydrogen (secondary N) is 1. The quantitative estimate of drug-likeness (QED) is 0.797. The van der Waals surface area contributed by atoms with Gasteiger partial charge in [-0.05, 0) is 26.7 Å². The smallest absolute Gasteiger partial charge is 0.231 e. The lowest BCUT2D eigenvalue weighted by Gasteiger charge is -2.31. The van der Waals surface area contributed by atoms with E-state index in [0.29, 0.717) is 5.75 Å². The number of carbonyl (C=O) groups is 1. The van der Waals surface area contributed by atoms with Crippen molar-refractivity contribution in [1.82, 2.24) is 5.32 Å². The molecule has 102 valence electrons. The summed E-state index contributed by atoms with van der Waals surface area (Å²) in [6.45, 7) is 3.88. The SMILES string of the molecule is CC(C)(N)CSCC(=O)NC1(C#N)CCCCC1. The Bertz CT molecular complexity index is 324. The molecule has 0 bridgehead atoms. The van der Waals surface area contributed by atoms with Crippen molar-refractivity contribution < 1.29 is 4.79 Å². The number of nitriles is 1. The number of nitrogens with zero attached hydrogens (tertiary/aromatic N) is 1. The lowest BCUT2D eigenvalue weighted by Crippen LogP contribution is -2.49. The summed E-state index contributed by atoms with van der Waals surface area (Å²) in [5.74, 6) is 1.07. The molecule has 4 nitrogen and oxygen atoms in total. The maximum absolute atomic E-state index is 11.8. The molecule has 1 aliphatic rings. The van der Waals surface area contributed by atoms with Gasteiger partial charge >= 0.3 is 0 Å². The summed E-state index contributed by atoms with van der Waals surface area (Å²) in [5, 5.41) is 12.2. The van der Waals surface area contributed by atoms with Gasteiger partial charge in [-0.15, -0.1) is 0 Å². The minimum absolute atomic E-state index is 0.0484. The molecule has 0 aromatic rings. The summed E-state index contributed by atoms with van der Waals surface area (Å²) < 4.78 is 0. The summed E-state index contributed by atoms with van der Waals surface area (Å²) in [6.07, 6.45) is 4.77. The first-order valence-corrected chi connectivity index (χ1v) is 7.61. The van der Waals surface area contributed by atoms with Gasteiger partial charge in [0.2, 0.25) is 5.91 Å². The molecule has 18 heavy (non-hydrogen) atoms. The Morgan fingerprint density at radius 3 is 2.56 bits per heavy atom. The van der Waals surface area contributed by atoms with Crippen LogP contribution in [-0.2, 0) is 4.79 Å². The first-order valence-electron chi connectivity index (χ1n) is 6.46. The Morgan fingerprint density at radius 2 is 2.06 bits per heavy atom. The summed E-state index contributed by atoms with van der Waals surface area (Å²) in [6, 6.07) is 2.29. The zero-order chi connectivity index (χ0) is 13.6. The van der Waals surface area contributed by atoms with Crippen molar-refractivity contribution in [2.45, 2.75) is 57.0 Å². The van der Waals surface area contributed by atoms with Gasteiger partial charge in [-0.1, -0.05) is 19.3 Å². The van der Waals surface area contributed by atoms with Gasteiger partial charge in [-0.25, -0.2) is 0 Å². The van der Waals surface area contributed by atoms with Crippen LogP contribution < -0.4 is 11.1 Å². The Balaban J connectivity index is 2.36. The molecule has 0 radical (unpaired) electrons. The molecule has 0 spiro atoms. The molecule has 0 aliphatic heterocycles. The molecule has 0 saturated heterocycles. The molecule has 1 rings (SSSR count). The highest BCUT2D eigenvalue weighted by Crippen LogP contribution is 2.27. The zero-order valence-corrected chi connectivity index (χ0v) is 12.1. The van der Waals surface area contributed by atoms with E-state index < -0.39 is 5.54 Å². The average molecular weight is 269 g/mol. The monoisotopic (exact) mass is 269 g/mol. The van der Waals surface area contributed by atoms with E-state index in [1.54, 1.807) is 0 Å². The van der Waals surface area contributed by atoms with Crippen molar-refractivity contribution in [3.05, 3.63) is 0 Å². The van der Waals surface area contributed by atoms with Crippen LogP contribution in [0.4, 0.5) is 0 Å². The van der Waals surface area contributed by atoms with Crippen molar-refractivity contribution in [1.29, 1.82) is 5.26 Å². The van der Waals surface area contributed by atoms with E-state index in [1.165, 1.54) is 11.8 Å². The van der Waals surface area contributed by atoms with E-state index in [1.807, 2.05) is 13.8 Å². The highest BCUT2D eigenvalue weighted by Gasteiger charge is 2.33. The Labute approximate surface area is 114 Å². The minimum atomic E-state index is -0.617. The number of carbonyl (C=O) groups excluding carboxylic acids is 1. The van der Waals surface area contributed by atoms with Gasteiger partial charge in [-0.2, -0.15) is 17.0 Å². The lowest BCUT2D eigenvalue weighted by molar-refractivity contribution is -0.120. The van der Waals surface area contributed by atoms with Crippen molar-refractivity contribution in [2.24, 2.45) is 5.73 Å². The molecule has 0 atom stereocenters. The van der Waals surface area contributed by atoms with E-state index in [0.717, 1.165) is 37.9 Å². The normalized spacial score (nSPS) is 19.0. The van der Waals surface area contributed by atoms with Crippen LogP contribution in [0.5, 0.6) is 0 Å². The van der Waals surface area contributed by atoms with Gasteiger partial charge in [-0.3, -0.25) is 4.79 Å². The molecule has 3 N–H and O–H groups in total. The summed E-state index contributed by atoms with van der Waals surface area (Å²) in [5.41, 5.74) is 4.98. The highest BCUT2D eigenvalue weighted by atomic mass is 32.2. The predicted octanol–water partition coefficient (Wildman–Crippen LogP) is 1.80. The molecule has 0 aromatic carbocycles. The van der Waals surface area contributed by atoms with Gasteiger partial charge in [0.05, 0.1) is 11.8 Å². The second-order valence-corrected chi connectivity index (χ2v) is 6.77. The van der Waals surface area contributed by atoms with Gasteiger partial charge in [0.15, 0.2) is 0 Å². The molecule has 1 aliphatic carbocycles. The molecule has 5 heteroatoms. The number of rotatable bonds is 5. The molecule has 1 amide bonds. The number of amides is 1. The molecule has 0 unspecified atom stereocenters. The number of nitrogens with two attached hydrogens (primary N) is 1. The third-order valence-electron chi connectivity index (χ3n) is 3.01. The van der Waals surface area contributed by atoms with Crippen LogP contribution in [0.1, 0.15) is 46.0 Å². The fraction of sp³-hybridized carbons (Fsp3) is 0.846. The van der Waals surface area contributed by atoms with Crippen molar-refractivity contribution >= 4 is 17.7 Å². The Kier molecular flexibility index (Phi) is 5.48. The first-order chi connectivity index (χ1) is 8.37. The fourth-order valence-electron chi connectivity index (χ4n) is 2.13. The molecule has 1 saturated carbocycles. The Hall–Kier alpha value is -0.730. The standard InChI is InChI=1S/C13H23N3OS/c1-12(2,15)10-18-8-11(17)16-13(9-14)6-4-3-5-7-13/h3-8,10,15H2,1-2H3,(H,16,17). The molecule has 1 fully saturated rings.